The normalized spacial score (nSPS) is 23.4. The summed E-state index contributed by atoms with van der Waals surface area (Å²) in [6, 6.07) is 4.26. The number of nitrogens with one attached hydrogen (secondary N) is 4. The van der Waals surface area contributed by atoms with Gasteiger partial charge < -0.3 is 50.8 Å². The quantitative estimate of drug-likeness (QED) is 0.0341. The molecule has 2 aliphatic rings. The summed E-state index contributed by atoms with van der Waals surface area (Å²) in [5.74, 6) is -3.06. The van der Waals surface area contributed by atoms with Crippen LogP contribution in [0.1, 0.15) is 86.6 Å². The Hall–Kier alpha value is -2.56. The number of aliphatic hydroxyl groups excluding tert-OH is 3. The van der Waals surface area contributed by atoms with Crippen molar-refractivity contribution >= 4 is 84.0 Å². The van der Waals surface area contributed by atoms with E-state index in [-0.39, 0.29) is 83.8 Å². The number of rotatable bonds is 36. The number of aliphatic carboxylic acids is 1. The highest BCUT2D eigenvalue weighted by molar-refractivity contribution is 8.04. The number of likely N-dealkylation sites (N-methyl/N-ethyl adjacent to an activating group) is 3. The van der Waals surface area contributed by atoms with Crippen LogP contribution in [-0.2, 0) is 44.7 Å². The van der Waals surface area contributed by atoms with Crippen molar-refractivity contribution in [3.8, 4) is 0 Å². The van der Waals surface area contributed by atoms with Crippen LogP contribution in [0.5, 0.6) is 0 Å². The molecule has 0 bridgehead atoms. The molecule has 0 radical (unpaired) electrons. The molecule has 1 aromatic carbocycles. The summed E-state index contributed by atoms with van der Waals surface area (Å²) in [5, 5.41) is 56.9. The molecule has 0 spiro atoms. The van der Waals surface area contributed by atoms with E-state index < -0.39 is 101 Å². The number of aliphatic hydroxyl groups is 3. The maximum Gasteiger partial charge on any atom is 0.326 e. The summed E-state index contributed by atoms with van der Waals surface area (Å²) in [7, 11) is 8.17. The largest absolute Gasteiger partial charge is 0.480 e. The highest BCUT2D eigenvalue weighted by Gasteiger charge is 2.50. The van der Waals surface area contributed by atoms with E-state index in [1.54, 1.807) is 67.0 Å². The maximum absolute atomic E-state index is 14.7. The molecule has 2 aliphatic heterocycles. The molecular weight excluding hydrogens is 1080 g/mol. The number of hydrogen-bond donors (Lipinski definition) is 10. The number of amides is 3. The third kappa shape index (κ3) is 19.0. The average Bonchev–Trinajstić information content (AvgIpc) is 3.98. The van der Waals surface area contributed by atoms with Crippen molar-refractivity contribution in [1.29, 1.82) is 0 Å². The number of thioether (sulfide) groups is 2. The first kappa shape index (κ1) is 69.7. The van der Waals surface area contributed by atoms with Crippen molar-refractivity contribution in [1.82, 2.24) is 40.9 Å². The van der Waals surface area contributed by atoms with Crippen LogP contribution >= 0.6 is 48.8 Å². The van der Waals surface area contributed by atoms with Crippen molar-refractivity contribution in [2.75, 3.05) is 71.7 Å². The molecule has 2 saturated heterocycles. The number of ether oxygens (including phenoxy) is 2. The molecule has 16 atom stereocenters. The van der Waals surface area contributed by atoms with Crippen molar-refractivity contribution in [3.05, 3.63) is 35.9 Å². The lowest BCUT2D eigenvalue weighted by Gasteiger charge is -2.44. The summed E-state index contributed by atoms with van der Waals surface area (Å²) in [5.41, 5.74) is 0.761. The molecule has 8 N–H and O–H groups in total. The minimum absolute atomic E-state index is 0.0416. The molecule has 446 valence electrons. The Morgan fingerprint density at radius 1 is 0.859 bits per heavy atom. The Balaban J connectivity index is 1.82. The molecule has 1 aromatic rings. The Bertz CT molecular complexity index is 2040. The van der Waals surface area contributed by atoms with E-state index in [1.807, 2.05) is 47.6 Å². The van der Waals surface area contributed by atoms with Gasteiger partial charge in [-0.3, -0.25) is 39.1 Å². The number of benzene rings is 1. The number of likely N-dealkylation sites (tertiary alicyclic amines) is 2. The van der Waals surface area contributed by atoms with E-state index in [4.69, 9.17) is 9.47 Å². The lowest BCUT2D eigenvalue weighted by atomic mass is 9.89. The van der Waals surface area contributed by atoms with Crippen molar-refractivity contribution in [2.24, 2.45) is 23.7 Å². The minimum atomic E-state index is -1.25. The Morgan fingerprint density at radius 3 is 1.99 bits per heavy atom. The predicted molar refractivity (Wildman–Crippen MR) is 314 cm³/mol. The number of carboxylic acid groups (broad SMARTS) is 1. The Morgan fingerprint density at radius 2 is 1.47 bits per heavy atom. The van der Waals surface area contributed by atoms with E-state index in [2.05, 4.69) is 46.5 Å². The summed E-state index contributed by atoms with van der Waals surface area (Å²) in [6.45, 7) is 15.1. The van der Waals surface area contributed by atoms with Crippen LogP contribution < -0.4 is 21.3 Å². The molecule has 0 aromatic heterocycles. The fourth-order valence-corrected chi connectivity index (χ4v) is 14.4. The maximum atomic E-state index is 14.7. The fraction of sp³-hybridized carbons (Fsp3) is 0.778. The summed E-state index contributed by atoms with van der Waals surface area (Å²) in [6.07, 6.45) is -3.21. The van der Waals surface area contributed by atoms with Crippen molar-refractivity contribution in [2.45, 2.75) is 171 Å². The minimum Gasteiger partial charge on any atom is -0.480 e. The van der Waals surface area contributed by atoms with Crippen LogP contribution in [0, 0.1) is 23.7 Å². The Kier molecular flexibility index (Phi) is 30.5. The van der Waals surface area contributed by atoms with E-state index in [0.717, 1.165) is 5.56 Å². The zero-order chi connectivity index (χ0) is 58.7. The van der Waals surface area contributed by atoms with Gasteiger partial charge in [0.05, 0.1) is 77.7 Å². The molecule has 9 unspecified atom stereocenters. The first-order valence-corrected chi connectivity index (χ1v) is 30.5. The van der Waals surface area contributed by atoms with Gasteiger partial charge >= 0.3 is 5.97 Å². The van der Waals surface area contributed by atoms with E-state index >= 15 is 0 Å². The monoisotopic (exact) mass is 1170 g/mol. The number of methoxy groups -OCH3 is 2. The van der Waals surface area contributed by atoms with Gasteiger partial charge in [0.15, 0.2) is 5.78 Å². The molecule has 0 aliphatic carbocycles. The molecule has 2 fully saturated rings. The summed E-state index contributed by atoms with van der Waals surface area (Å²) >= 11 is 11.2. The zero-order valence-corrected chi connectivity index (χ0v) is 51.5. The van der Waals surface area contributed by atoms with Gasteiger partial charge in [-0.25, -0.2) is 9.69 Å². The van der Waals surface area contributed by atoms with Crippen LogP contribution in [0.2, 0.25) is 0 Å². The number of carboxylic acids is 1. The lowest BCUT2D eigenvalue weighted by molar-refractivity contribution is -0.147. The van der Waals surface area contributed by atoms with E-state index in [0.29, 0.717) is 25.8 Å². The molecule has 24 heteroatoms. The number of nitrogens with zero attached hydrogens (tertiary/aromatic N) is 4. The number of hydrogen-bond acceptors (Lipinski definition) is 20. The SMILES string of the molecule is CC[C@H](C)C([C@@H](CC(=O)N1CCCC1[C@H](OC)C(C)C(=O)N[C@@H](Cc1ccccc1)C(=O)O)OC)N(C)C(O)[C@@H](NC(=O)C(C(C)C)N(C)CN1C(O)C(SCN[C@@H](CS)C(C)=O)C(SCC(=O)[C@H](CS)NC)C1O)C(C)C. The molecule has 78 heavy (non-hydrogen) atoms. The van der Waals surface area contributed by atoms with Crippen molar-refractivity contribution in [3.63, 3.8) is 0 Å². The van der Waals surface area contributed by atoms with Gasteiger partial charge in [-0.05, 0) is 64.2 Å². The molecule has 20 nitrogen and oxygen atoms in total. The van der Waals surface area contributed by atoms with Gasteiger partial charge in [0.25, 0.3) is 0 Å². The number of carbonyl (C=O) groups excluding carboxylic acids is 5. The topological polar surface area (TPSA) is 263 Å². The molecule has 3 rings (SSSR count). The molecule has 0 saturated carbocycles. The van der Waals surface area contributed by atoms with Gasteiger partial charge in [0, 0.05) is 50.6 Å². The molecule has 3 amide bonds. The van der Waals surface area contributed by atoms with Gasteiger partial charge in [-0.1, -0.05) is 85.2 Å². The van der Waals surface area contributed by atoms with Crippen LogP contribution in [0.3, 0.4) is 0 Å². The smallest absolute Gasteiger partial charge is 0.326 e. The van der Waals surface area contributed by atoms with Gasteiger partial charge in [-0.2, -0.15) is 25.3 Å². The number of ketones is 2. The Labute approximate surface area is 483 Å². The highest BCUT2D eigenvalue weighted by atomic mass is 32.2. The molecule has 2 heterocycles. The molecular formula is C54H94N8O12S4. The van der Waals surface area contributed by atoms with E-state index in [9.17, 15) is 49.2 Å². The third-order valence-corrected chi connectivity index (χ3v) is 19.1. The predicted octanol–water partition coefficient (Wildman–Crippen LogP) is 2.24. The second-order valence-electron chi connectivity index (χ2n) is 21.6. The average molecular weight is 1180 g/mol. The first-order chi connectivity index (χ1) is 36.8. The first-order valence-electron chi connectivity index (χ1n) is 27.2. The zero-order valence-electron chi connectivity index (χ0n) is 48.1. The lowest BCUT2D eigenvalue weighted by Crippen LogP contribution is -2.62. The second-order valence-corrected chi connectivity index (χ2v) is 24.7. The highest BCUT2D eigenvalue weighted by Crippen LogP contribution is 2.39. The number of carbonyl (C=O) groups is 6. The van der Waals surface area contributed by atoms with Gasteiger partial charge in [0.1, 0.15) is 30.5 Å². The fourth-order valence-electron chi connectivity index (χ4n) is 10.8. The summed E-state index contributed by atoms with van der Waals surface area (Å²) < 4.78 is 12.1. The standard InChI is InChI=1S/C54H94N8O12S4/c1-14-32(6)45(41(73-12)24-42(65)61-22-18-21-39(61)46(74-13)33(7)49(66)57-36(54(71)72)23-35-19-16-15-17-20-35)60(11)51(68)43(30(2)3)58-50(67)44(31(4)5)59(10)29-62-52(69)47(77-27-40(64)38(26-76)55-9)48(53(62)70)78-28-56-37(25-75)34(8)63/h15-17,19-20,30-33,36-39,41,43-48,51-53,55-56,68-70,75-76H,14,18,21-29H2,1-13H3,(H,57,66)(H,58,67)(H,71,72)/t32-,33?,36-,37-,38-,39?,41+,43-,44?,45?,46+,47?,48?,51?,52?,53?/m0/s1. The van der Waals surface area contributed by atoms with Crippen molar-refractivity contribution < 1.29 is 58.7 Å². The third-order valence-electron chi connectivity index (χ3n) is 15.6. The second kappa shape index (κ2) is 34.1. The van der Waals surface area contributed by atoms with Gasteiger partial charge in [-0.15, -0.1) is 23.5 Å². The van der Waals surface area contributed by atoms with Gasteiger partial charge in [0.2, 0.25) is 17.7 Å². The number of thiol groups is 2. The van der Waals surface area contributed by atoms with Crippen LogP contribution in [0.15, 0.2) is 30.3 Å². The van der Waals surface area contributed by atoms with Crippen LogP contribution in [0.25, 0.3) is 0 Å². The van der Waals surface area contributed by atoms with Crippen LogP contribution in [-0.4, -0.2) is 231 Å². The van der Waals surface area contributed by atoms with Crippen LogP contribution in [0.4, 0.5) is 0 Å². The summed E-state index contributed by atoms with van der Waals surface area (Å²) in [4.78, 5) is 87.1. The van der Waals surface area contributed by atoms with E-state index in [1.165, 1.54) is 49.6 Å². The number of Topliss-reactive ketones (excluding diaryl/α,β-unsaturated/α-hetero) is 2.